The molecule has 3 N–H and O–H groups in total. The molecule has 0 radical (unpaired) electrons. The van der Waals surface area contributed by atoms with Gasteiger partial charge < -0.3 is 15.6 Å². The van der Waals surface area contributed by atoms with Crippen molar-refractivity contribution >= 4 is 23.6 Å². The zero-order chi connectivity index (χ0) is 13.3. The molecule has 1 saturated heterocycles. The number of hydrogen-bond donors (Lipinski definition) is 2. The lowest BCUT2D eigenvalue weighted by molar-refractivity contribution is -0.141. The Kier molecular flexibility index (Phi) is 3.00. The van der Waals surface area contributed by atoms with E-state index < -0.39 is 11.9 Å². The summed E-state index contributed by atoms with van der Waals surface area (Å²) in [6, 6.07) is 1.44. The fraction of sp³-hybridized carbons (Fsp3) is 0.400. The maximum atomic E-state index is 11.7. The number of carboxylic acids is 1. The summed E-state index contributed by atoms with van der Waals surface area (Å²) in [5.74, 6) is -1.57. The van der Waals surface area contributed by atoms with E-state index in [9.17, 15) is 9.59 Å². The number of aromatic nitrogens is 2. The van der Waals surface area contributed by atoms with E-state index in [1.807, 2.05) is 0 Å². The summed E-state index contributed by atoms with van der Waals surface area (Å²) in [7, 11) is 1.41. The fourth-order valence-electron chi connectivity index (χ4n) is 1.77. The molecule has 1 aromatic heterocycles. The van der Waals surface area contributed by atoms with E-state index >= 15 is 0 Å². The number of carbonyl (C=O) groups excluding carboxylic acids is 1. The Hall–Kier alpha value is -2.38. The number of aliphatic carboxylic acids is 1. The zero-order valence-electron chi connectivity index (χ0n) is 9.66. The summed E-state index contributed by atoms with van der Waals surface area (Å²) in [6.45, 7) is 0.0772. The molecule has 8 heteroatoms. The lowest BCUT2D eigenvalue weighted by Crippen LogP contribution is -2.27. The highest BCUT2D eigenvalue weighted by Crippen LogP contribution is 2.26. The summed E-state index contributed by atoms with van der Waals surface area (Å²) >= 11 is 0. The molecule has 1 aliphatic heterocycles. The van der Waals surface area contributed by atoms with Crippen molar-refractivity contribution in [1.82, 2.24) is 9.97 Å². The monoisotopic (exact) mass is 252 g/mol. The maximum Gasteiger partial charge on any atom is 0.308 e. The number of carboxylic acid groups (broad SMARTS) is 1. The fourth-order valence-corrected chi connectivity index (χ4v) is 1.77. The molecule has 0 aromatic carbocycles. The Labute approximate surface area is 102 Å². The predicted octanol–water partition coefficient (Wildman–Crippen LogP) is -0.495. The summed E-state index contributed by atoms with van der Waals surface area (Å²) in [5, 5.41) is 8.89. The van der Waals surface area contributed by atoms with Gasteiger partial charge in [0, 0.05) is 19.0 Å². The average Bonchev–Trinajstić information content (AvgIpc) is 2.70. The quantitative estimate of drug-likeness (QED) is 0.744. The van der Waals surface area contributed by atoms with E-state index in [0.717, 1.165) is 0 Å². The van der Waals surface area contributed by atoms with Gasteiger partial charge in [0.15, 0.2) is 0 Å². The van der Waals surface area contributed by atoms with Crippen molar-refractivity contribution in [3.05, 3.63) is 6.07 Å². The van der Waals surface area contributed by atoms with Crippen LogP contribution in [0.5, 0.6) is 5.88 Å². The number of nitrogen functional groups attached to an aromatic ring is 1. The van der Waals surface area contributed by atoms with Gasteiger partial charge in [0.2, 0.25) is 17.7 Å². The van der Waals surface area contributed by atoms with Crippen LogP contribution in [0.25, 0.3) is 0 Å². The van der Waals surface area contributed by atoms with Gasteiger partial charge in [-0.1, -0.05) is 0 Å². The van der Waals surface area contributed by atoms with E-state index in [4.69, 9.17) is 15.6 Å². The van der Waals surface area contributed by atoms with Gasteiger partial charge in [0.05, 0.1) is 13.0 Å². The number of nitrogens with zero attached hydrogens (tertiary/aromatic N) is 3. The topological polar surface area (TPSA) is 119 Å². The van der Waals surface area contributed by atoms with E-state index in [2.05, 4.69) is 9.97 Å². The first kappa shape index (κ1) is 12.1. The smallest absolute Gasteiger partial charge is 0.308 e. The summed E-state index contributed by atoms with van der Waals surface area (Å²) in [6.07, 6.45) is -0.0401. The van der Waals surface area contributed by atoms with Crippen LogP contribution < -0.4 is 15.4 Å². The first-order chi connectivity index (χ1) is 8.51. The number of methoxy groups -OCH3 is 1. The molecular weight excluding hydrogens is 240 g/mol. The second kappa shape index (κ2) is 4.47. The minimum atomic E-state index is -1.00. The van der Waals surface area contributed by atoms with Gasteiger partial charge in [-0.3, -0.25) is 14.5 Å². The molecule has 8 nitrogen and oxygen atoms in total. The molecule has 1 unspecified atom stereocenters. The Morgan fingerprint density at radius 2 is 2.33 bits per heavy atom. The van der Waals surface area contributed by atoms with Crippen molar-refractivity contribution in [2.45, 2.75) is 6.42 Å². The molecule has 1 aromatic rings. The van der Waals surface area contributed by atoms with E-state index in [1.165, 1.54) is 18.1 Å². The molecular formula is C10H12N4O4. The number of ether oxygens (including phenoxy) is 1. The zero-order valence-corrected chi connectivity index (χ0v) is 9.66. The van der Waals surface area contributed by atoms with Crippen LogP contribution in [0, 0.1) is 5.92 Å². The van der Waals surface area contributed by atoms with Gasteiger partial charge >= 0.3 is 5.97 Å². The van der Waals surface area contributed by atoms with Crippen LogP contribution in [0.15, 0.2) is 6.07 Å². The standard InChI is InChI=1S/C10H12N4O4/c1-18-7-3-6(12-10(11)13-7)14-4-5(9(16)17)2-8(14)15/h3,5H,2,4H2,1H3,(H,16,17)(H2,11,12,13). The third-order valence-corrected chi connectivity index (χ3v) is 2.67. The van der Waals surface area contributed by atoms with Crippen molar-refractivity contribution in [2.75, 3.05) is 24.3 Å². The molecule has 0 spiro atoms. The molecule has 1 amide bonds. The van der Waals surface area contributed by atoms with E-state index in [1.54, 1.807) is 0 Å². The van der Waals surface area contributed by atoms with Gasteiger partial charge in [-0.15, -0.1) is 0 Å². The van der Waals surface area contributed by atoms with Gasteiger partial charge in [-0.2, -0.15) is 9.97 Å². The number of amides is 1. The number of anilines is 2. The highest BCUT2D eigenvalue weighted by molar-refractivity contribution is 5.98. The van der Waals surface area contributed by atoms with Crippen LogP contribution in [-0.4, -0.2) is 40.6 Å². The average molecular weight is 252 g/mol. The van der Waals surface area contributed by atoms with Crippen molar-refractivity contribution in [2.24, 2.45) is 5.92 Å². The number of nitrogens with two attached hydrogens (primary N) is 1. The molecule has 0 saturated carbocycles. The lowest BCUT2D eigenvalue weighted by atomic mass is 10.1. The second-order valence-electron chi connectivity index (χ2n) is 3.87. The summed E-state index contributed by atoms with van der Waals surface area (Å²) in [5.41, 5.74) is 5.49. The summed E-state index contributed by atoms with van der Waals surface area (Å²) < 4.78 is 4.92. The molecule has 1 fully saturated rings. The van der Waals surface area contributed by atoms with E-state index in [0.29, 0.717) is 0 Å². The first-order valence-corrected chi connectivity index (χ1v) is 5.23. The predicted molar refractivity (Wildman–Crippen MR) is 61.1 cm³/mol. The van der Waals surface area contributed by atoms with Crippen LogP contribution >= 0.6 is 0 Å². The number of hydrogen-bond acceptors (Lipinski definition) is 6. The first-order valence-electron chi connectivity index (χ1n) is 5.23. The molecule has 0 bridgehead atoms. The SMILES string of the molecule is COc1cc(N2CC(C(=O)O)CC2=O)nc(N)n1. The third kappa shape index (κ3) is 2.17. The van der Waals surface area contributed by atoms with Crippen LogP contribution in [0.4, 0.5) is 11.8 Å². The maximum absolute atomic E-state index is 11.7. The highest BCUT2D eigenvalue weighted by Gasteiger charge is 2.36. The third-order valence-electron chi connectivity index (χ3n) is 2.67. The Balaban J connectivity index is 2.29. The van der Waals surface area contributed by atoms with Crippen molar-refractivity contribution in [1.29, 1.82) is 0 Å². The molecule has 18 heavy (non-hydrogen) atoms. The Morgan fingerprint density at radius 1 is 1.61 bits per heavy atom. The van der Waals surface area contributed by atoms with Gasteiger partial charge in [-0.05, 0) is 0 Å². The number of carbonyl (C=O) groups is 2. The lowest BCUT2D eigenvalue weighted by Gasteiger charge is -2.15. The highest BCUT2D eigenvalue weighted by atomic mass is 16.5. The second-order valence-corrected chi connectivity index (χ2v) is 3.87. The van der Waals surface area contributed by atoms with Gasteiger partial charge in [-0.25, -0.2) is 0 Å². The van der Waals surface area contributed by atoms with Crippen molar-refractivity contribution in [3.8, 4) is 5.88 Å². The van der Waals surface area contributed by atoms with Crippen LogP contribution in [0.1, 0.15) is 6.42 Å². The van der Waals surface area contributed by atoms with E-state index in [-0.39, 0.29) is 36.5 Å². The van der Waals surface area contributed by atoms with Gasteiger partial charge in [0.1, 0.15) is 5.82 Å². The van der Waals surface area contributed by atoms with Gasteiger partial charge in [0.25, 0.3) is 0 Å². The van der Waals surface area contributed by atoms with Crippen LogP contribution in [-0.2, 0) is 9.59 Å². The Bertz CT molecular complexity index is 505. The molecule has 0 aliphatic carbocycles. The molecule has 2 rings (SSSR count). The minimum absolute atomic E-state index is 0.0316. The molecule has 1 atom stereocenters. The molecule has 2 heterocycles. The normalized spacial score (nSPS) is 19.1. The van der Waals surface area contributed by atoms with Crippen molar-refractivity contribution < 1.29 is 19.4 Å². The Morgan fingerprint density at radius 3 is 2.89 bits per heavy atom. The van der Waals surface area contributed by atoms with Crippen LogP contribution in [0.2, 0.25) is 0 Å². The summed E-state index contributed by atoms with van der Waals surface area (Å²) in [4.78, 5) is 31.6. The minimum Gasteiger partial charge on any atom is -0.481 e. The molecule has 1 aliphatic rings. The largest absolute Gasteiger partial charge is 0.481 e. The van der Waals surface area contributed by atoms with Crippen molar-refractivity contribution in [3.63, 3.8) is 0 Å². The number of rotatable bonds is 3. The van der Waals surface area contributed by atoms with Crippen LogP contribution in [0.3, 0.4) is 0 Å². The molecule has 96 valence electrons.